The molecule has 1 N–H and O–H groups in total. The van der Waals surface area contributed by atoms with Gasteiger partial charge in [-0.05, 0) is 49.7 Å². The summed E-state index contributed by atoms with van der Waals surface area (Å²) in [5, 5.41) is 10.6. The number of hydrogen-bond acceptors (Lipinski definition) is 2. The first-order valence-electron chi connectivity index (χ1n) is 8.37. The van der Waals surface area contributed by atoms with E-state index in [1.165, 1.54) is 31.2 Å². The third-order valence-corrected chi connectivity index (χ3v) is 5.28. The molecule has 0 unspecified atom stereocenters. The van der Waals surface area contributed by atoms with Crippen molar-refractivity contribution in [2.24, 2.45) is 0 Å². The van der Waals surface area contributed by atoms with Crippen molar-refractivity contribution in [3.8, 4) is 11.5 Å². The molecule has 1 heterocycles. The summed E-state index contributed by atoms with van der Waals surface area (Å²) in [6.45, 7) is 8.47. The fraction of sp³-hybridized carbons (Fsp3) is 0.684. The fourth-order valence-electron chi connectivity index (χ4n) is 3.94. The van der Waals surface area contributed by atoms with Crippen molar-refractivity contribution in [3.05, 3.63) is 22.8 Å². The van der Waals surface area contributed by atoms with Gasteiger partial charge in [-0.1, -0.05) is 33.6 Å². The topological polar surface area (TPSA) is 29.5 Å². The lowest BCUT2D eigenvalue weighted by Gasteiger charge is -2.27. The van der Waals surface area contributed by atoms with Gasteiger partial charge in [0.25, 0.3) is 0 Å². The molecule has 1 aliphatic carbocycles. The van der Waals surface area contributed by atoms with Crippen LogP contribution in [-0.2, 0) is 11.8 Å². The van der Waals surface area contributed by atoms with E-state index in [-0.39, 0.29) is 11.0 Å². The predicted molar refractivity (Wildman–Crippen MR) is 86.3 cm³/mol. The highest BCUT2D eigenvalue weighted by atomic mass is 16.5. The van der Waals surface area contributed by atoms with Gasteiger partial charge in [-0.2, -0.15) is 0 Å². The summed E-state index contributed by atoms with van der Waals surface area (Å²) in [4.78, 5) is 0. The predicted octanol–water partition coefficient (Wildman–Crippen LogP) is 5.03. The first kappa shape index (κ1) is 14.7. The molecule has 3 rings (SSSR count). The molecule has 1 aromatic carbocycles. The highest BCUT2D eigenvalue weighted by molar-refractivity contribution is 5.57. The molecule has 2 heteroatoms. The lowest BCUT2D eigenvalue weighted by molar-refractivity contribution is 0.0771. The number of hydrogen-bond donors (Lipinski definition) is 1. The van der Waals surface area contributed by atoms with E-state index in [2.05, 4.69) is 26.8 Å². The van der Waals surface area contributed by atoms with Crippen molar-refractivity contribution in [1.29, 1.82) is 0 Å². The van der Waals surface area contributed by atoms with Crippen LogP contribution < -0.4 is 4.74 Å². The summed E-state index contributed by atoms with van der Waals surface area (Å²) in [5.41, 5.74) is 3.21. The van der Waals surface area contributed by atoms with Gasteiger partial charge in [0, 0.05) is 17.5 Å². The van der Waals surface area contributed by atoms with Crippen molar-refractivity contribution < 1.29 is 9.84 Å². The Labute approximate surface area is 128 Å². The zero-order valence-corrected chi connectivity index (χ0v) is 13.9. The maximum Gasteiger partial charge on any atom is 0.124 e. The minimum atomic E-state index is -0.0631. The zero-order valence-electron chi connectivity index (χ0n) is 13.9. The SMILES string of the molecule is Cc1c(O)c(C(C)(C)C)cc2c1CC1(CCCCCC1)O2. The van der Waals surface area contributed by atoms with Crippen molar-refractivity contribution in [2.45, 2.75) is 83.7 Å². The van der Waals surface area contributed by atoms with E-state index >= 15 is 0 Å². The molecule has 21 heavy (non-hydrogen) atoms. The lowest BCUT2D eigenvalue weighted by atomic mass is 9.82. The Morgan fingerprint density at radius 3 is 2.29 bits per heavy atom. The Morgan fingerprint density at radius 2 is 1.71 bits per heavy atom. The molecule has 1 saturated carbocycles. The smallest absolute Gasteiger partial charge is 0.124 e. The monoisotopic (exact) mass is 288 g/mol. The van der Waals surface area contributed by atoms with Crippen LogP contribution in [0.5, 0.6) is 11.5 Å². The number of benzene rings is 1. The number of aromatic hydroxyl groups is 1. The van der Waals surface area contributed by atoms with Crippen molar-refractivity contribution in [3.63, 3.8) is 0 Å². The molecule has 0 amide bonds. The van der Waals surface area contributed by atoms with Gasteiger partial charge < -0.3 is 9.84 Å². The van der Waals surface area contributed by atoms with Crippen molar-refractivity contribution in [1.82, 2.24) is 0 Å². The molecular weight excluding hydrogens is 260 g/mol. The summed E-state index contributed by atoms with van der Waals surface area (Å²) in [6, 6.07) is 2.09. The molecular formula is C19H28O2. The van der Waals surface area contributed by atoms with Gasteiger partial charge in [0.2, 0.25) is 0 Å². The van der Waals surface area contributed by atoms with Crippen LogP contribution in [0.1, 0.15) is 76.0 Å². The van der Waals surface area contributed by atoms with Gasteiger partial charge in [-0.3, -0.25) is 0 Å². The van der Waals surface area contributed by atoms with Crippen LogP contribution in [0.25, 0.3) is 0 Å². The Hall–Kier alpha value is -1.18. The maximum absolute atomic E-state index is 10.6. The van der Waals surface area contributed by atoms with Gasteiger partial charge in [-0.25, -0.2) is 0 Å². The van der Waals surface area contributed by atoms with Crippen LogP contribution in [0.15, 0.2) is 6.07 Å². The van der Waals surface area contributed by atoms with Crippen LogP contribution in [-0.4, -0.2) is 10.7 Å². The second kappa shape index (κ2) is 4.93. The highest BCUT2D eigenvalue weighted by Crippen LogP contribution is 2.48. The average Bonchev–Trinajstić information content (AvgIpc) is 2.59. The number of ether oxygens (including phenoxy) is 1. The quantitative estimate of drug-likeness (QED) is 0.726. The lowest BCUT2D eigenvalue weighted by Crippen LogP contribution is -2.33. The minimum Gasteiger partial charge on any atom is -0.507 e. The molecule has 0 aromatic heterocycles. The van der Waals surface area contributed by atoms with Crippen LogP contribution >= 0.6 is 0 Å². The molecule has 2 aliphatic rings. The van der Waals surface area contributed by atoms with E-state index in [1.54, 1.807) is 0 Å². The third kappa shape index (κ3) is 2.54. The summed E-state index contributed by atoms with van der Waals surface area (Å²) < 4.78 is 6.48. The van der Waals surface area contributed by atoms with Crippen LogP contribution in [0.3, 0.4) is 0 Å². The Morgan fingerprint density at radius 1 is 1.10 bits per heavy atom. The minimum absolute atomic E-state index is 0.00649. The molecule has 1 spiro atoms. The van der Waals surface area contributed by atoms with E-state index in [9.17, 15) is 5.11 Å². The molecule has 0 saturated heterocycles. The Bertz CT molecular complexity index is 544. The fourth-order valence-corrected chi connectivity index (χ4v) is 3.94. The average molecular weight is 288 g/mol. The van der Waals surface area contributed by atoms with Crippen LogP contribution in [0.4, 0.5) is 0 Å². The molecule has 0 atom stereocenters. The van der Waals surface area contributed by atoms with Gasteiger partial charge >= 0.3 is 0 Å². The summed E-state index contributed by atoms with van der Waals surface area (Å²) in [7, 11) is 0. The first-order valence-corrected chi connectivity index (χ1v) is 8.37. The molecule has 1 fully saturated rings. The highest BCUT2D eigenvalue weighted by Gasteiger charge is 2.41. The number of phenols is 1. The van der Waals surface area contributed by atoms with E-state index in [1.807, 2.05) is 6.92 Å². The Balaban J connectivity index is 2.01. The summed E-state index contributed by atoms with van der Waals surface area (Å²) in [6.07, 6.45) is 8.50. The largest absolute Gasteiger partial charge is 0.507 e. The molecule has 0 radical (unpaired) electrons. The Kier molecular flexibility index (Phi) is 3.46. The zero-order chi connectivity index (χ0) is 15.3. The van der Waals surface area contributed by atoms with E-state index in [0.717, 1.165) is 36.1 Å². The molecule has 1 aromatic rings. The maximum atomic E-state index is 10.6. The summed E-state index contributed by atoms with van der Waals surface area (Å²) in [5.74, 6) is 1.49. The van der Waals surface area contributed by atoms with E-state index in [4.69, 9.17) is 4.74 Å². The van der Waals surface area contributed by atoms with Gasteiger partial charge in [-0.15, -0.1) is 0 Å². The van der Waals surface area contributed by atoms with E-state index < -0.39 is 0 Å². The standard InChI is InChI=1S/C19H28O2/c1-13-14-12-19(9-7-5-6-8-10-19)21-16(14)11-15(17(13)20)18(2,3)4/h11,20H,5-10,12H2,1-4H3. The first-order chi connectivity index (χ1) is 9.82. The second-order valence-corrected chi connectivity index (χ2v) is 8.00. The van der Waals surface area contributed by atoms with E-state index in [0.29, 0.717) is 5.75 Å². The third-order valence-electron chi connectivity index (χ3n) is 5.28. The molecule has 2 nitrogen and oxygen atoms in total. The molecule has 0 bridgehead atoms. The van der Waals surface area contributed by atoms with Crippen molar-refractivity contribution >= 4 is 0 Å². The molecule has 116 valence electrons. The number of fused-ring (bicyclic) bond motifs is 1. The number of rotatable bonds is 0. The summed E-state index contributed by atoms with van der Waals surface area (Å²) >= 11 is 0. The van der Waals surface area contributed by atoms with Gasteiger partial charge in [0.1, 0.15) is 17.1 Å². The molecule has 1 aliphatic heterocycles. The van der Waals surface area contributed by atoms with Gasteiger partial charge in [0.05, 0.1) is 0 Å². The normalized spacial score (nSPS) is 21.0. The van der Waals surface area contributed by atoms with Crippen molar-refractivity contribution in [2.75, 3.05) is 0 Å². The van der Waals surface area contributed by atoms with Gasteiger partial charge in [0.15, 0.2) is 0 Å². The van der Waals surface area contributed by atoms with Crippen LogP contribution in [0.2, 0.25) is 0 Å². The number of phenolic OH excluding ortho intramolecular Hbond substituents is 1. The van der Waals surface area contributed by atoms with Crippen LogP contribution in [0, 0.1) is 6.92 Å². The second-order valence-electron chi connectivity index (χ2n) is 8.00.